The smallest absolute Gasteiger partial charge is 0.161 e. The van der Waals surface area contributed by atoms with Gasteiger partial charge in [0.1, 0.15) is 5.15 Å². The molecule has 1 aromatic heterocycles. The van der Waals surface area contributed by atoms with Gasteiger partial charge in [-0.05, 0) is 30.3 Å². The van der Waals surface area contributed by atoms with Crippen LogP contribution in [0.15, 0.2) is 30.3 Å². The van der Waals surface area contributed by atoms with Gasteiger partial charge in [-0.25, -0.2) is 9.97 Å². The van der Waals surface area contributed by atoms with E-state index in [0.29, 0.717) is 11.0 Å². The van der Waals surface area contributed by atoms with Gasteiger partial charge in [0.15, 0.2) is 5.82 Å². The molecule has 2 aromatic rings. The number of anilines is 1. The number of benzene rings is 1. The van der Waals surface area contributed by atoms with Crippen molar-refractivity contribution in [3.05, 3.63) is 41.2 Å². The lowest BCUT2D eigenvalue weighted by molar-refractivity contribution is 0.568. The third-order valence-electron chi connectivity index (χ3n) is 3.11. The Hall–Kier alpha value is -1.61. The summed E-state index contributed by atoms with van der Waals surface area (Å²) < 4.78 is 0. The predicted molar refractivity (Wildman–Crippen MR) is 85.5 cm³/mol. The molecule has 0 unspecified atom stereocenters. The van der Waals surface area contributed by atoms with Crippen LogP contribution in [0.2, 0.25) is 5.15 Å². The van der Waals surface area contributed by atoms with E-state index in [9.17, 15) is 0 Å². The first-order valence-corrected chi connectivity index (χ1v) is 6.98. The predicted octanol–water partition coefficient (Wildman–Crippen LogP) is 4.16. The molecule has 3 nitrogen and oxygen atoms in total. The van der Waals surface area contributed by atoms with E-state index in [0.717, 1.165) is 16.9 Å². The van der Waals surface area contributed by atoms with Gasteiger partial charge in [-0.3, -0.25) is 0 Å². The Morgan fingerprint density at radius 2 is 1.60 bits per heavy atom. The molecule has 0 aliphatic heterocycles. The molecule has 2 rings (SSSR count). The molecule has 0 amide bonds. The van der Waals surface area contributed by atoms with Crippen LogP contribution in [0, 0.1) is 0 Å². The molecular formula is C16H20ClN3. The average Bonchev–Trinajstić information content (AvgIpc) is 2.37. The molecule has 0 atom stereocenters. The highest BCUT2D eigenvalue weighted by Crippen LogP contribution is 2.26. The normalized spacial score (nSPS) is 11.5. The molecule has 1 aromatic carbocycles. The number of aromatic nitrogens is 2. The molecule has 20 heavy (non-hydrogen) atoms. The fourth-order valence-electron chi connectivity index (χ4n) is 1.84. The van der Waals surface area contributed by atoms with Gasteiger partial charge in [0.05, 0.1) is 5.69 Å². The minimum atomic E-state index is -0.0507. The van der Waals surface area contributed by atoms with Crippen LogP contribution in [0.1, 0.15) is 26.5 Å². The van der Waals surface area contributed by atoms with Crippen LogP contribution in [-0.4, -0.2) is 24.1 Å². The monoisotopic (exact) mass is 289 g/mol. The van der Waals surface area contributed by atoms with Crippen molar-refractivity contribution in [2.45, 2.75) is 26.2 Å². The summed E-state index contributed by atoms with van der Waals surface area (Å²) in [4.78, 5) is 11.0. The highest BCUT2D eigenvalue weighted by atomic mass is 35.5. The van der Waals surface area contributed by atoms with Crippen molar-refractivity contribution in [1.29, 1.82) is 0 Å². The molecule has 0 fully saturated rings. The summed E-state index contributed by atoms with van der Waals surface area (Å²) in [5.74, 6) is 0.674. The van der Waals surface area contributed by atoms with Crippen LogP contribution in [0.25, 0.3) is 11.4 Å². The maximum absolute atomic E-state index is 6.13. The number of halogens is 1. The molecule has 0 aliphatic rings. The van der Waals surface area contributed by atoms with E-state index in [-0.39, 0.29) is 5.41 Å². The molecule has 1 heterocycles. The van der Waals surface area contributed by atoms with Gasteiger partial charge >= 0.3 is 0 Å². The summed E-state index contributed by atoms with van der Waals surface area (Å²) in [5.41, 5.74) is 3.02. The van der Waals surface area contributed by atoms with Crippen molar-refractivity contribution >= 4 is 17.3 Å². The van der Waals surface area contributed by atoms with E-state index >= 15 is 0 Å². The van der Waals surface area contributed by atoms with E-state index in [4.69, 9.17) is 11.6 Å². The quantitative estimate of drug-likeness (QED) is 0.777. The first-order valence-electron chi connectivity index (χ1n) is 6.60. The van der Waals surface area contributed by atoms with Crippen LogP contribution in [0.3, 0.4) is 0 Å². The zero-order valence-corrected chi connectivity index (χ0v) is 13.4. The van der Waals surface area contributed by atoms with Gasteiger partial charge in [-0.1, -0.05) is 32.4 Å². The molecule has 0 bridgehead atoms. The summed E-state index contributed by atoms with van der Waals surface area (Å²) in [6.07, 6.45) is 0. The average molecular weight is 290 g/mol. The van der Waals surface area contributed by atoms with Crippen LogP contribution in [-0.2, 0) is 5.41 Å². The molecule has 0 saturated heterocycles. The van der Waals surface area contributed by atoms with Crippen LogP contribution < -0.4 is 4.90 Å². The largest absolute Gasteiger partial charge is 0.378 e. The zero-order chi connectivity index (χ0) is 14.9. The number of nitrogens with zero attached hydrogens (tertiary/aromatic N) is 3. The fourth-order valence-corrected chi connectivity index (χ4v) is 2.02. The lowest BCUT2D eigenvalue weighted by Gasteiger charge is -2.18. The van der Waals surface area contributed by atoms with Crippen molar-refractivity contribution in [2.75, 3.05) is 19.0 Å². The van der Waals surface area contributed by atoms with E-state index in [1.165, 1.54) is 0 Å². The Kier molecular flexibility index (Phi) is 4.00. The van der Waals surface area contributed by atoms with E-state index in [1.54, 1.807) is 0 Å². The Labute approximate surface area is 125 Å². The minimum Gasteiger partial charge on any atom is -0.378 e. The topological polar surface area (TPSA) is 29.0 Å². The highest BCUT2D eigenvalue weighted by molar-refractivity contribution is 6.29. The Morgan fingerprint density at radius 1 is 1.00 bits per heavy atom. The van der Waals surface area contributed by atoms with Crippen molar-refractivity contribution in [3.8, 4) is 11.4 Å². The molecule has 0 aliphatic carbocycles. The van der Waals surface area contributed by atoms with Crippen molar-refractivity contribution < 1.29 is 0 Å². The van der Waals surface area contributed by atoms with Gasteiger partial charge in [0.25, 0.3) is 0 Å². The first-order chi connectivity index (χ1) is 9.27. The van der Waals surface area contributed by atoms with E-state index in [1.807, 2.05) is 32.3 Å². The van der Waals surface area contributed by atoms with Crippen molar-refractivity contribution in [3.63, 3.8) is 0 Å². The second-order valence-corrected chi connectivity index (χ2v) is 6.48. The van der Waals surface area contributed by atoms with Gasteiger partial charge in [-0.15, -0.1) is 0 Å². The molecule has 0 spiro atoms. The van der Waals surface area contributed by atoms with Crippen LogP contribution >= 0.6 is 11.6 Å². The van der Waals surface area contributed by atoms with Gasteiger partial charge in [0, 0.05) is 30.8 Å². The number of rotatable bonds is 2. The maximum atomic E-state index is 6.13. The lowest BCUT2D eigenvalue weighted by atomic mass is 9.92. The molecular weight excluding hydrogens is 270 g/mol. The number of hydrogen-bond acceptors (Lipinski definition) is 3. The van der Waals surface area contributed by atoms with E-state index in [2.05, 4.69) is 47.8 Å². The third kappa shape index (κ3) is 3.28. The third-order valence-corrected chi connectivity index (χ3v) is 3.30. The minimum absolute atomic E-state index is 0.0507. The molecule has 0 radical (unpaired) electrons. The fraction of sp³-hybridized carbons (Fsp3) is 0.375. The summed E-state index contributed by atoms with van der Waals surface area (Å²) >= 11 is 6.13. The van der Waals surface area contributed by atoms with Gasteiger partial charge in [-0.2, -0.15) is 0 Å². The highest BCUT2D eigenvalue weighted by Gasteiger charge is 2.18. The molecule has 4 heteroatoms. The second kappa shape index (κ2) is 5.41. The standard InChI is InChI=1S/C16H20ClN3/c1-16(2,3)13-10-14(17)19-15(18-13)11-6-8-12(9-7-11)20(4)5/h6-10H,1-5H3. The summed E-state index contributed by atoms with van der Waals surface area (Å²) in [6.45, 7) is 6.35. The van der Waals surface area contributed by atoms with Crippen LogP contribution in [0.5, 0.6) is 0 Å². The SMILES string of the molecule is CN(C)c1ccc(-c2nc(Cl)cc(C(C)(C)C)n2)cc1. The Bertz CT molecular complexity index is 598. The van der Waals surface area contributed by atoms with Crippen molar-refractivity contribution in [2.24, 2.45) is 0 Å². The number of hydrogen-bond donors (Lipinski definition) is 0. The summed E-state index contributed by atoms with van der Waals surface area (Å²) in [5, 5.41) is 0.483. The molecule has 0 N–H and O–H groups in total. The maximum Gasteiger partial charge on any atom is 0.161 e. The Balaban J connectivity index is 2.44. The van der Waals surface area contributed by atoms with E-state index < -0.39 is 0 Å². The first kappa shape index (κ1) is 14.8. The second-order valence-electron chi connectivity index (χ2n) is 6.09. The summed E-state index contributed by atoms with van der Waals surface area (Å²) in [7, 11) is 4.03. The Morgan fingerprint density at radius 3 is 2.10 bits per heavy atom. The van der Waals surface area contributed by atoms with Gasteiger partial charge < -0.3 is 4.90 Å². The lowest BCUT2D eigenvalue weighted by Crippen LogP contribution is -2.14. The summed E-state index contributed by atoms with van der Waals surface area (Å²) in [6, 6.07) is 9.98. The van der Waals surface area contributed by atoms with Gasteiger partial charge in [0.2, 0.25) is 0 Å². The van der Waals surface area contributed by atoms with Crippen molar-refractivity contribution in [1.82, 2.24) is 9.97 Å². The molecule has 106 valence electrons. The van der Waals surface area contributed by atoms with Crippen LogP contribution in [0.4, 0.5) is 5.69 Å². The zero-order valence-electron chi connectivity index (χ0n) is 12.6. The molecule has 0 saturated carbocycles.